The van der Waals surface area contributed by atoms with E-state index >= 15 is 0 Å². The fraction of sp³-hybridized carbons (Fsp3) is 0.600. The summed E-state index contributed by atoms with van der Waals surface area (Å²) in [5, 5.41) is 0.770. The van der Waals surface area contributed by atoms with Crippen molar-refractivity contribution in [1.29, 1.82) is 0 Å². The molecule has 17 heavy (non-hydrogen) atoms. The SMILES string of the molecule is CC/C=C\CCC(CCC)SCc1ccco1. The van der Waals surface area contributed by atoms with Gasteiger partial charge >= 0.3 is 0 Å². The summed E-state index contributed by atoms with van der Waals surface area (Å²) in [6.07, 6.45) is 12.6. The molecule has 0 radical (unpaired) electrons. The van der Waals surface area contributed by atoms with E-state index in [4.69, 9.17) is 4.42 Å². The molecule has 0 saturated carbocycles. The Balaban J connectivity index is 2.24. The second-order valence-electron chi connectivity index (χ2n) is 4.26. The molecule has 0 aliphatic rings. The number of rotatable bonds is 9. The van der Waals surface area contributed by atoms with Crippen molar-refractivity contribution in [1.82, 2.24) is 0 Å². The quantitative estimate of drug-likeness (QED) is 0.544. The summed E-state index contributed by atoms with van der Waals surface area (Å²) >= 11 is 2.03. The van der Waals surface area contributed by atoms with Crippen molar-refractivity contribution in [2.24, 2.45) is 0 Å². The number of hydrogen-bond donors (Lipinski definition) is 0. The van der Waals surface area contributed by atoms with Gasteiger partial charge < -0.3 is 4.42 Å². The number of allylic oxidation sites excluding steroid dienone is 2. The van der Waals surface area contributed by atoms with Crippen LogP contribution in [0.3, 0.4) is 0 Å². The van der Waals surface area contributed by atoms with Gasteiger partial charge in [-0.25, -0.2) is 0 Å². The van der Waals surface area contributed by atoms with E-state index in [1.54, 1.807) is 6.26 Å². The predicted octanol–water partition coefficient (Wildman–Crippen LogP) is 5.43. The van der Waals surface area contributed by atoms with Crippen LogP contribution in [0.1, 0.15) is 51.7 Å². The zero-order valence-electron chi connectivity index (χ0n) is 11.0. The van der Waals surface area contributed by atoms with Gasteiger partial charge in [-0.05, 0) is 37.8 Å². The summed E-state index contributed by atoms with van der Waals surface area (Å²) < 4.78 is 5.37. The molecule has 1 unspecified atom stereocenters. The van der Waals surface area contributed by atoms with Gasteiger partial charge in [-0.1, -0.05) is 32.4 Å². The Labute approximate surface area is 110 Å². The standard InChI is InChI=1S/C15H24OS/c1-3-5-6-7-11-15(9-4-2)17-13-14-10-8-12-16-14/h5-6,8,10,12,15H,3-4,7,9,11,13H2,1-2H3/b6-5-. The fourth-order valence-corrected chi connectivity index (χ4v) is 3.06. The molecule has 0 aliphatic heterocycles. The second-order valence-corrected chi connectivity index (χ2v) is 5.55. The topological polar surface area (TPSA) is 13.1 Å². The molecular formula is C15H24OS. The van der Waals surface area contributed by atoms with Gasteiger partial charge in [0.15, 0.2) is 0 Å². The summed E-state index contributed by atoms with van der Waals surface area (Å²) in [7, 11) is 0. The average molecular weight is 252 g/mol. The van der Waals surface area contributed by atoms with Gasteiger partial charge in [0.05, 0.1) is 12.0 Å². The van der Waals surface area contributed by atoms with Crippen molar-refractivity contribution in [3.05, 3.63) is 36.3 Å². The van der Waals surface area contributed by atoms with Crippen molar-refractivity contribution < 1.29 is 4.42 Å². The minimum absolute atomic E-state index is 0.770. The first-order valence-corrected chi connectivity index (χ1v) is 7.70. The van der Waals surface area contributed by atoms with E-state index < -0.39 is 0 Å². The molecule has 1 aromatic rings. The molecule has 1 rings (SSSR count). The highest BCUT2D eigenvalue weighted by Gasteiger charge is 2.08. The largest absolute Gasteiger partial charge is 0.468 e. The lowest BCUT2D eigenvalue weighted by molar-refractivity contribution is 0.529. The van der Waals surface area contributed by atoms with Crippen molar-refractivity contribution in [3.63, 3.8) is 0 Å². The Morgan fingerprint density at radius 1 is 1.29 bits per heavy atom. The van der Waals surface area contributed by atoms with E-state index in [9.17, 15) is 0 Å². The van der Waals surface area contributed by atoms with Crippen LogP contribution < -0.4 is 0 Å². The van der Waals surface area contributed by atoms with Crippen LogP contribution in [-0.4, -0.2) is 5.25 Å². The molecule has 1 heterocycles. The van der Waals surface area contributed by atoms with Gasteiger partial charge in [-0.15, -0.1) is 0 Å². The maximum absolute atomic E-state index is 5.37. The Hall–Kier alpha value is -0.630. The molecule has 96 valence electrons. The Bertz CT molecular complexity index is 290. The monoisotopic (exact) mass is 252 g/mol. The minimum atomic E-state index is 0.770. The second kappa shape index (κ2) is 9.41. The molecule has 0 aromatic carbocycles. The number of thioether (sulfide) groups is 1. The normalized spacial score (nSPS) is 13.3. The first-order valence-electron chi connectivity index (χ1n) is 6.65. The molecule has 1 aromatic heterocycles. The van der Waals surface area contributed by atoms with Crippen molar-refractivity contribution >= 4 is 11.8 Å². The molecule has 0 bridgehead atoms. The summed E-state index contributed by atoms with van der Waals surface area (Å²) in [6, 6.07) is 4.03. The van der Waals surface area contributed by atoms with Gasteiger partial charge in [-0.3, -0.25) is 0 Å². The molecule has 0 amide bonds. The third kappa shape index (κ3) is 6.62. The van der Waals surface area contributed by atoms with Crippen molar-refractivity contribution in [2.75, 3.05) is 0 Å². The predicted molar refractivity (Wildman–Crippen MR) is 77.4 cm³/mol. The fourth-order valence-electron chi connectivity index (χ4n) is 1.79. The van der Waals surface area contributed by atoms with Crippen molar-refractivity contribution in [3.8, 4) is 0 Å². The van der Waals surface area contributed by atoms with E-state index in [0.29, 0.717) is 0 Å². The van der Waals surface area contributed by atoms with Crippen LogP contribution in [0, 0.1) is 0 Å². The lowest BCUT2D eigenvalue weighted by Crippen LogP contribution is -2.02. The van der Waals surface area contributed by atoms with Crippen LogP contribution in [0.25, 0.3) is 0 Å². The summed E-state index contributed by atoms with van der Waals surface area (Å²) in [4.78, 5) is 0. The lowest BCUT2D eigenvalue weighted by Gasteiger charge is -2.13. The molecule has 1 atom stereocenters. The van der Waals surface area contributed by atoms with E-state index in [2.05, 4.69) is 32.1 Å². The zero-order chi connectivity index (χ0) is 12.3. The van der Waals surface area contributed by atoms with E-state index in [1.807, 2.05) is 17.8 Å². The van der Waals surface area contributed by atoms with Crippen LogP contribution >= 0.6 is 11.8 Å². The van der Waals surface area contributed by atoms with Gasteiger partial charge in [0, 0.05) is 5.25 Å². The van der Waals surface area contributed by atoms with E-state index in [1.165, 1.54) is 25.7 Å². The maximum Gasteiger partial charge on any atom is 0.113 e. The minimum Gasteiger partial charge on any atom is -0.468 e. The third-order valence-corrected chi connectivity index (χ3v) is 4.10. The summed E-state index contributed by atoms with van der Waals surface area (Å²) in [5.74, 6) is 2.11. The smallest absolute Gasteiger partial charge is 0.113 e. The Morgan fingerprint density at radius 3 is 2.82 bits per heavy atom. The highest BCUT2D eigenvalue weighted by atomic mass is 32.2. The van der Waals surface area contributed by atoms with Gasteiger partial charge in [0.2, 0.25) is 0 Å². The molecule has 0 saturated heterocycles. The molecule has 2 heteroatoms. The molecular weight excluding hydrogens is 228 g/mol. The van der Waals surface area contributed by atoms with Crippen LogP contribution in [0.4, 0.5) is 0 Å². The molecule has 0 spiro atoms. The first kappa shape index (κ1) is 14.4. The van der Waals surface area contributed by atoms with E-state index in [0.717, 1.165) is 23.2 Å². The lowest BCUT2D eigenvalue weighted by atomic mass is 10.1. The third-order valence-electron chi connectivity index (χ3n) is 2.71. The molecule has 0 fully saturated rings. The van der Waals surface area contributed by atoms with Crippen LogP contribution in [-0.2, 0) is 5.75 Å². The Morgan fingerprint density at radius 2 is 2.18 bits per heavy atom. The summed E-state index contributed by atoms with van der Waals surface area (Å²) in [5.41, 5.74) is 0. The van der Waals surface area contributed by atoms with Crippen LogP contribution in [0.5, 0.6) is 0 Å². The molecule has 1 nitrogen and oxygen atoms in total. The van der Waals surface area contributed by atoms with E-state index in [-0.39, 0.29) is 0 Å². The maximum atomic E-state index is 5.37. The summed E-state index contributed by atoms with van der Waals surface area (Å²) in [6.45, 7) is 4.45. The molecule has 0 N–H and O–H groups in total. The highest BCUT2D eigenvalue weighted by molar-refractivity contribution is 7.99. The molecule has 0 aliphatic carbocycles. The zero-order valence-corrected chi connectivity index (χ0v) is 11.8. The Kier molecular flexibility index (Phi) is 7.98. The average Bonchev–Trinajstić information content (AvgIpc) is 2.84. The van der Waals surface area contributed by atoms with Crippen LogP contribution in [0.2, 0.25) is 0 Å². The van der Waals surface area contributed by atoms with Gasteiger partial charge in [0.1, 0.15) is 5.76 Å². The van der Waals surface area contributed by atoms with Crippen LogP contribution in [0.15, 0.2) is 35.0 Å². The van der Waals surface area contributed by atoms with Crippen molar-refractivity contribution in [2.45, 2.75) is 57.0 Å². The highest BCUT2D eigenvalue weighted by Crippen LogP contribution is 2.25. The van der Waals surface area contributed by atoms with Gasteiger partial charge in [0.25, 0.3) is 0 Å². The first-order chi connectivity index (χ1) is 8.36. The van der Waals surface area contributed by atoms with Gasteiger partial charge in [-0.2, -0.15) is 11.8 Å². The number of furan rings is 1. The number of hydrogen-bond acceptors (Lipinski definition) is 2.